The van der Waals surface area contributed by atoms with Crippen LogP contribution in [-0.4, -0.2) is 73.4 Å². The summed E-state index contributed by atoms with van der Waals surface area (Å²) in [4.78, 5) is 23.3. The van der Waals surface area contributed by atoms with Gasteiger partial charge in [-0.2, -0.15) is 0 Å². The molecule has 0 aliphatic heterocycles. The number of hydrogen-bond acceptors (Lipinski definition) is 5. The maximum atomic E-state index is 13.0. The third-order valence-corrected chi connectivity index (χ3v) is 15.2. The van der Waals surface area contributed by atoms with Gasteiger partial charge in [-0.25, -0.2) is 4.57 Å². The maximum absolute atomic E-state index is 13.0. The number of nitrogens with one attached hydrogen (secondary N) is 1. The van der Waals surface area contributed by atoms with E-state index < -0.39 is 20.0 Å². The number of phosphoric acid groups is 1. The van der Waals surface area contributed by atoms with Crippen LogP contribution in [0.5, 0.6) is 0 Å². The predicted molar refractivity (Wildman–Crippen MR) is 300 cm³/mol. The zero-order chi connectivity index (χ0) is 50.6. The van der Waals surface area contributed by atoms with Gasteiger partial charge in [0, 0.05) is 6.42 Å². The molecule has 3 atom stereocenters. The number of phosphoric ester groups is 1. The summed E-state index contributed by atoms with van der Waals surface area (Å²) < 4.78 is 23.8. The fourth-order valence-electron chi connectivity index (χ4n) is 9.46. The summed E-state index contributed by atoms with van der Waals surface area (Å²) in [6.07, 6.45) is 64.3. The molecule has 0 fully saturated rings. The van der Waals surface area contributed by atoms with Crippen molar-refractivity contribution in [2.24, 2.45) is 0 Å². The van der Waals surface area contributed by atoms with E-state index in [9.17, 15) is 19.4 Å². The number of carbonyl (C=O) groups is 1. The molecule has 0 bridgehead atoms. The first-order valence-corrected chi connectivity index (χ1v) is 32.0. The van der Waals surface area contributed by atoms with E-state index in [1.165, 1.54) is 250 Å². The molecule has 0 aliphatic rings. The largest absolute Gasteiger partial charge is 0.472 e. The molecule has 0 aromatic rings. The highest BCUT2D eigenvalue weighted by molar-refractivity contribution is 7.47. The van der Waals surface area contributed by atoms with E-state index in [-0.39, 0.29) is 19.1 Å². The zero-order valence-electron chi connectivity index (χ0n) is 47.1. The molecule has 8 nitrogen and oxygen atoms in total. The Morgan fingerprint density at radius 1 is 0.478 bits per heavy atom. The number of carbonyl (C=O) groups excluding carboxylic acids is 1. The first-order valence-electron chi connectivity index (χ1n) is 30.6. The Hall–Kier alpha value is -0.760. The molecule has 0 spiro atoms. The third-order valence-electron chi connectivity index (χ3n) is 14.3. The molecule has 0 heterocycles. The van der Waals surface area contributed by atoms with Crippen molar-refractivity contribution in [3.8, 4) is 0 Å². The van der Waals surface area contributed by atoms with E-state index in [0.29, 0.717) is 23.9 Å². The lowest BCUT2D eigenvalue weighted by molar-refractivity contribution is -0.870. The van der Waals surface area contributed by atoms with Crippen molar-refractivity contribution in [2.75, 3.05) is 40.9 Å². The number of quaternary nitrogens is 1. The smallest absolute Gasteiger partial charge is 0.391 e. The van der Waals surface area contributed by atoms with Crippen LogP contribution in [0, 0.1) is 0 Å². The number of unbranched alkanes of at least 4 members (excludes halogenated alkanes) is 42. The van der Waals surface area contributed by atoms with Gasteiger partial charge in [0.2, 0.25) is 5.91 Å². The molecule has 3 N–H and O–H groups in total. The molecule has 0 radical (unpaired) electrons. The van der Waals surface area contributed by atoms with Crippen LogP contribution in [0.15, 0.2) is 12.2 Å². The van der Waals surface area contributed by atoms with Gasteiger partial charge in [-0.15, -0.1) is 0 Å². The summed E-state index contributed by atoms with van der Waals surface area (Å²) in [5.41, 5.74) is 0. The molecule has 0 saturated carbocycles. The van der Waals surface area contributed by atoms with Crippen LogP contribution in [0.3, 0.4) is 0 Å². The number of nitrogens with zero attached hydrogens (tertiary/aromatic N) is 1. The fraction of sp³-hybridized carbons (Fsp3) is 0.950. The number of aliphatic hydroxyl groups excluding tert-OH is 1. The van der Waals surface area contributed by atoms with Gasteiger partial charge in [0.25, 0.3) is 0 Å². The summed E-state index contributed by atoms with van der Waals surface area (Å²) in [5, 5.41) is 14.1. The van der Waals surface area contributed by atoms with Crippen molar-refractivity contribution >= 4 is 13.7 Å². The second-order valence-electron chi connectivity index (χ2n) is 22.4. The SMILES string of the molecule is CCCCCCCCCC/C=C\CCCCCCCCCCCCCCCCCCCCCC(=O)NC(COP(=O)(O)OCC[N+](C)(C)C)C(O)CCCCCCCCCCCCCCCCCC. The number of aliphatic hydroxyl groups is 1. The summed E-state index contributed by atoms with van der Waals surface area (Å²) in [7, 11) is 1.63. The number of allylic oxidation sites excluding steroid dienone is 2. The summed E-state index contributed by atoms with van der Waals surface area (Å²) in [6, 6.07) is -0.756. The van der Waals surface area contributed by atoms with E-state index in [4.69, 9.17) is 9.05 Å². The standard InChI is InChI=1S/C60H121N2O6P/c1-6-8-10-12-14-16-18-20-22-24-25-26-27-28-29-30-31-32-33-34-35-36-37-38-40-42-44-46-48-50-52-54-60(64)61-58(57-68-69(65,66)67-56-55-62(3,4)5)59(63)53-51-49-47-45-43-41-39-23-21-19-17-15-13-11-9-7-2/h24-25,58-59,63H,6-23,26-57H2,1-5H3,(H-,61,64,65,66)/p+1/b25-24-. The van der Waals surface area contributed by atoms with Gasteiger partial charge in [-0.05, 0) is 38.5 Å². The van der Waals surface area contributed by atoms with Crippen molar-refractivity contribution < 1.29 is 32.9 Å². The molecule has 69 heavy (non-hydrogen) atoms. The van der Waals surface area contributed by atoms with Crippen LogP contribution >= 0.6 is 7.82 Å². The second kappa shape index (κ2) is 52.1. The van der Waals surface area contributed by atoms with E-state index >= 15 is 0 Å². The van der Waals surface area contributed by atoms with Crippen LogP contribution in [0.25, 0.3) is 0 Å². The number of amides is 1. The van der Waals surface area contributed by atoms with E-state index in [1.54, 1.807) is 0 Å². The van der Waals surface area contributed by atoms with Gasteiger partial charge >= 0.3 is 7.82 Å². The van der Waals surface area contributed by atoms with E-state index in [0.717, 1.165) is 38.5 Å². The predicted octanol–water partition coefficient (Wildman–Crippen LogP) is 18.6. The van der Waals surface area contributed by atoms with Gasteiger partial charge in [0.1, 0.15) is 13.2 Å². The van der Waals surface area contributed by atoms with Crippen molar-refractivity contribution in [3.63, 3.8) is 0 Å². The Bertz CT molecular complexity index is 1130. The third kappa shape index (κ3) is 54.8. The van der Waals surface area contributed by atoms with Crippen LogP contribution in [-0.2, 0) is 18.4 Å². The molecule has 0 aliphatic carbocycles. The Morgan fingerprint density at radius 3 is 1.12 bits per heavy atom. The Morgan fingerprint density at radius 2 is 0.783 bits per heavy atom. The van der Waals surface area contributed by atoms with Crippen molar-refractivity contribution in [1.29, 1.82) is 0 Å². The summed E-state index contributed by atoms with van der Waals surface area (Å²) in [5.74, 6) is -0.137. The first kappa shape index (κ1) is 68.2. The number of likely N-dealkylation sites (N-methyl/N-ethyl adjacent to an activating group) is 1. The quantitative estimate of drug-likeness (QED) is 0.0243. The lowest BCUT2D eigenvalue weighted by atomic mass is 10.0. The monoisotopic (exact) mass is 998 g/mol. The molecule has 3 unspecified atom stereocenters. The van der Waals surface area contributed by atoms with Crippen molar-refractivity contribution in [1.82, 2.24) is 5.32 Å². The van der Waals surface area contributed by atoms with Gasteiger partial charge in [0.05, 0.1) is 39.9 Å². The minimum atomic E-state index is -4.32. The highest BCUT2D eigenvalue weighted by Crippen LogP contribution is 2.43. The Balaban J connectivity index is 4.00. The Kier molecular flexibility index (Phi) is 51.5. The van der Waals surface area contributed by atoms with Gasteiger partial charge in [-0.1, -0.05) is 283 Å². The Labute approximate surface area is 431 Å². The topological polar surface area (TPSA) is 105 Å². The molecule has 0 aromatic carbocycles. The van der Waals surface area contributed by atoms with Crippen LogP contribution in [0.2, 0.25) is 0 Å². The molecular formula is C60H122N2O6P+. The van der Waals surface area contributed by atoms with Crippen LogP contribution < -0.4 is 5.32 Å². The molecule has 0 aromatic heterocycles. The minimum absolute atomic E-state index is 0.0780. The van der Waals surface area contributed by atoms with Crippen molar-refractivity contribution in [3.05, 3.63) is 12.2 Å². The van der Waals surface area contributed by atoms with E-state index in [1.807, 2.05) is 21.1 Å². The van der Waals surface area contributed by atoms with Gasteiger partial charge < -0.3 is 19.8 Å². The lowest BCUT2D eigenvalue weighted by Gasteiger charge is -2.26. The first-order chi connectivity index (χ1) is 33.5. The average Bonchev–Trinajstić information content (AvgIpc) is 3.31. The van der Waals surface area contributed by atoms with E-state index in [2.05, 4.69) is 31.3 Å². The minimum Gasteiger partial charge on any atom is -0.391 e. The maximum Gasteiger partial charge on any atom is 0.472 e. The normalized spacial score (nSPS) is 13.9. The highest BCUT2D eigenvalue weighted by atomic mass is 31.2. The number of hydrogen-bond donors (Lipinski definition) is 3. The molecule has 412 valence electrons. The van der Waals surface area contributed by atoms with Gasteiger partial charge in [0.15, 0.2) is 0 Å². The second-order valence-corrected chi connectivity index (χ2v) is 23.9. The van der Waals surface area contributed by atoms with Crippen LogP contribution in [0.4, 0.5) is 0 Å². The fourth-order valence-corrected chi connectivity index (χ4v) is 10.2. The summed E-state index contributed by atoms with van der Waals surface area (Å²) in [6.45, 7) is 4.93. The molecule has 0 rings (SSSR count). The molecule has 1 amide bonds. The molecule has 0 saturated heterocycles. The average molecular weight is 999 g/mol. The zero-order valence-corrected chi connectivity index (χ0v) is 48.0. The van der Waals surface area contributed by atoms with Crippen molar-refractivity contribution in [2.45, 2.75) is 328 Å². The highest BCUT2D eigenvalue weighted by Gasteiger charge is 2.28. The number of rotatable bonds is 57. The molecular weight excluding hydrogens is 876 g/mol. The molecule has 9 heteroatoms. The summed E-state index contributed by atoms with van der Waals surface area (Å²) >= 11 is 0. The van der Waals surface area contributed by atoms with Gasteiger partial charge in [-0.3, -0.25) is 13.8 Å². The lowest BCUT2D eigenvalue weighted by Crippen LogP contribution is -2.46. The van der Waals surface area contributed by atoms with Crippen LogP contribution in [0.1, 0.15) is 316 Å².